The lowest BCUT2D eigenvalue weighted by Gasteiger charge is -2.23. The molecule has 0 bridgehead atoms. The Balaban J connectivity index is 1.69. The van der Waals surface area contributed by atoms with Crippen LogP contribution in [0.2, 0.25) is 0 Å². The molecule has 1 unspecified atom stereocenters. The van der Waals surface area contributed by atoms with Gasteiger partial charge in [-0.3, -0.25) is 9.59 Å². The summed E-state index contributed by atoms with van der Waals surface area (Å²) in [4.78, 5) is 23.8. The molecular formula is C20H24N2O3. The van der Waals surface area contributed by atoms with Crippen molar-refractivity contribution >= 4 is 11.8 Å². The molecule has 0 heterocycles. The number of hydrogen-bond donors (Lipinski definition) is 3. The molecule has 0 radical (unpaired) electrons. The van der Waals surface area contributed by atoms with Crippen LogP contribution < -0.4 is 10.6 Å². The third kappa shape index (κ3) is 6.39. The first kappa shape index (κ1) is 18.7. The molecule has 0 spiro atoms. The van der Waals surface area contributed by atoms with Crippen LogP contribution in [-0.4, -0.2) is 30.0 Å². The predicted octanol–water partition coefficient (Wildman–Crippen LogP) is 1.76. The molecule has 1 atom stereocenters. The van der Waals surface area contributed by atoms with Crippen molar-refractivity contribution in [2.45, 2.75) is 25.4 Å². The number of hydrogen-bond acceptors (Lipinski definition) is 3. The summed E-state index contributed by atoms with van der Waals surface area (Å²) in [6.07, 6.45) is 0.636. The molecular weight excluding hydrogens is 316 g/mol. The van der Waals surface area contributed by atoms with Crippen LogP contribution in [0.4, 0.5) is 0 Å². The molecule has 0 aliphatic carbocycles. The van der Waals surface area contributed by atoms with Gasteiger partial charge in [0, 0.05) is 6.54 Å². The molecule has 2 rings (SSSR count). The summed E-state index contributed by atoms with van der Waals surface area (Å²) in [5.41, 5.74) is 0.540. The minimum Gasteiger partial charge on any atom is -0.385 e. The Morgan fingerprint density at radius 2 is 1.52 bits per heavy atom. The normalized spacial score (nSPS) is 12.9. The van der Waals surface area contributed by atoms with Crippen molar-refractivity contribution in [3.63, 3.8) is 0 Å². The third-order valence-electron chi connectivity index (χ3n) is 3.93. The summed E-state index contributed by atoms with van der Waals surface area (Å²) >= 11 is 0. The van der Waals surface area contributed by atoms with Crippen molar-refractivity contribution in [1.29, 1.82) is 0 Å². The first-order valence-corrected chi connectivity index (χ1v) is 8.32. The maximum Gasteiger partial charge on any atom is 0.239 e. The first-order valence-electron chi connectivity index (χ1n) is 8.32. The van der Waals surface area contributed by atoms with E-state index in [1.807, 2.05) is 48.5 Å². The van der Waals surface area contributed by atoms with Crippen molar-refractivity contribution in [1.82, 2.24) is 10.6 Å². The summed E-state index contributed by atoms with van der Waals surface area (Å²) < 4.78 is 0. The van der Waals surface area contributed by atoms with Crippen LogP contribution in [0.15, 0.2) is 60.7 Å². The molecule has 0 saturated heterocycles. The zero-order chi connectivity index (χ0) is 18.1. The predicted molar refractivity (Wildman–Crippen MR) is 96.8 cm³/mol. The summed E-state index contributed by atoms with van der Waals surface area (Å²) in [7, 11) is 0. The molecule has 0 aromatic heterocycles. The molecule has 0 aliphatic heterocycles. The lowest BCUT2D eigenvalue weighted by Crippen LogP contribution is -2.40. The number of aliphatic hydroxyl groups is 1. The second-order valence-corrected chi connectivity index (χ2v) is 6.18. The van der Waals surface area contributed by atoms with Crippen molar-refractivity contribution < 1.29 is 14.7 Å². The third-order valence-corrected chi connectivity index (χ3v) is 3.93. The van der Waals surface area contributed by atoms with Crippen LogP contribution in [0.25, 0.3) is 0 Å². The molecule has 5 nitrogen and oxygen atoms in total. The fourth-order valence-corrected chi connectivity index (χ4v) is 2.51. The van der Waals surface area contributed by atoms with Crippen LogP contribution in [0.1, 0.15) is 24.5 Å². The SMILES string of the molecule is CC(O)(CC(=O)NCC(=O)NCCc1ccccc1)c1ccccc1. The van der Waals surface area contributed by atoms with Crippen LogP contribution in [0.5, 0.6) is 0 Å². The molecule has 2 aromatic rings. The van der Waals surface area contributed by atoms with Crippen LogP contribution >= 0.6 is 0 Å². The lowest BCUT2D eigenvalue weighted by atomic mass is 9.92. The smallest absolute Gasteiger partial charge is 0.239 e. The van der Waals surface area contributed by atoms with Crippen LogP contribution in [0.3, 0.4) is 0 Å². The topological polar surface area (TPSA) is 78.4 Å². The Bertz CT molecular complexity index is 685. The number of benzene rings is 2. The fraction of sp³-hybridized carbons (Fsp3) is 0.300. The number of nitrogens with one attached hydrogen (secondary N) is 2. The van der Waals surface area contributed by atoms with Gasteiger partial charge in [0.25, 0.3) is 0 Å². The first-order chi connectivity index (χ1) is 12.0. The second-order valence-electron chi connectivity index (χ2n) is 6.18. The van der Waals surface area contributed by atoms with E-state index in [2.05, 4.69) is 10.6 Å². The van der Waals surface area contributed by atoms with Crippen molar-refractivity contribution in [2.24, 2.45) is 0 Å². The van der Waals surface area contributed by atoms with Gasteiger partial charge >= 0.3 is 0 Å². The molecule has 0 aliphatic rings. The highest BCUT2D eigenvalue weighted by Gasteiger charge is 2.26. The molecule has 132 valence electrons. The second kappa shape index (κ2) is 8.99. The zero-order valence-corrected chi connectivity index (χ0v) is 14.4. The van der Waals surface area contributed by atoms with Gasteiger partial charge in [0.1, 0.15) is 0 Å². The van der Waals surface area contributed by atoms with Crippen molar-refractivity contribution in [2.75, 3.05) is 13.1 Å². The van der Waals surface area contributed by atoms with Crippen molar-refractivity contribution in [3.05, 3.63) is 71.8 Å². The van der Waals surface area contributed by atoms with Gasteiger partial charge in [-0.25, -0.2) is 0 Å². The van der Waals surface area contributed by atoms with E-state index in [1.54, 1.807) is 19.1 Å². The molecule has 0 fully saturated rings. The van der Waals surface area contributed by atoms with E-state index in [-0.39, 0.29) is 24.8 Å². The standard InChI is InChI=1S/C20H24N2O3/c1-20(25,17-10-6-3-7-11-17)14-18(23)22-15-19(24)21-13-12-16-8-4-2-5-9-16/h2-11,25H,12-15H2,1H3,(H,21,24)(H,22,23). The Hall–Kier alpha value is -2.66. The van der Waals surface area contributed by atoms with E-state index in [4.69, 9.17) is 0 Å². The summed E-state index contributed by atoms with van der Waals surface area (Å²) in [5, 5.41) is 15.7. The highest BCUT2D eigenvalue weighted by atomic mass is 16.3. The number of carbonyl (C=O) groups is 2. The Labute approximate surface area is 148 Å². The number of rotatable bonds is 8. The quantitative estimate of drug-likeness (QED) is 0.685. The monoisotopic (exact) mass is 340 g/mol. The van der Waals surface area contributed by atoms with Crippen molar-refractivity contribution in [3.8, 4) is 0 Å². The largest absolute Gasteiger partial charge is 0.385 e. The Morgan fingerprint density at radius 1 is 0.920 bits per heavy atom. The molecule has 0 saturated carbocycles. The highest BCUT2D eigenvalue weighted by molar-refractivity contribution is 5.85. The Kier molecular flexibility index (Phi) is 6.71. The molecule has 5 heteroatoms. The summed E-state index contributed by atoms with van der Waals surface area (Å²) in [5.74, 6) is -0.615. The number of amides is 2. The van der Waals surface area contributed by atoms with Gasteiger partial charge in [0.2, 0.25) is 11.8 Å². The molecule has 2 aromatic carbocycles. The average Bonchev–Trinajstić information content (AvgIpc) is 2.61. The van der Waals surface area contributed by atoms with Crippen LogP contribution in [0, 0.1) is 0 Å². The van der Waals surface area contributed by atoms with Crippen LogP contribution in [-0.2, 0) is 21.6 Å². The Morgan fingerprint density at radius 3 is 2.16 bits per heavy atom. The maximum atomic E-state index is 12.0. The minimum absolute atomic E-state index is 0.0987. The van der Waals surface area contributed by atoms with E-state index >= 15 is 0 Å². The lowest BCUT2D eigenvalue weighted by molar-refractivity contribution is -0.129. The average molecular weight is 340 g/mol. The zero-order valence-electron chi connectivity index (χ0n) is 14.4. The number of carbonyl (C=O) groups excluding carboxylic acids is 2. The summed E-state index contributed by atoms with van der Waals surface area (Å²) in [6.45, 7) is 2.00. The highest BCUT2D eigenvalue weighted by Crippen LogP contribution is 2.23. The van der Waals surface area contributed by atoms with Gasteiger partial charge in [0.05, 0.1) is 18.6 Å². The van der Waals surface area contributed by atoms with Gasteiger partial charge in [-0.1, -0.05) is 60.7 Å². The van der Waals surface area contributed by atoms with Gasteiger partial charge in [-0.2, -0.15) is 0 Å². The van der Waals surface area contributed by atoms with E-state index in [1.165, 1.54) is 0 Å². The summed E-state index contributed by atoms with van der Waals surface area (Å²) in [6, 6.07) is 18.9. The molecule has 3 N–H and O–H groups in total. The molecule has 2 amide bonds. The van der Waals surface area contributed by atoms with Gasteiger partial charge in [-0.15, -0.1) is 0 Å². The van der Waals surface area contributed by atoms with Gasteiger partial charge < -0.3 is 15.7 Å². The van der Waals surface area contributed by atoms with Gasteiger partial charge in [-0.05, 0) is 24.5 Å². The van der Waals surface area contributed by atoms with E-state index in [0.717, 1.165) is 12.0 Å². The fourth-order valence-electron chi connectivity index (χ4n) is 2.51. The van der Waals surface area contributed by atoms with Gasteiger partial charge in [0.15, 0.2) is 0 Å². The molecule has 25 heavy (non-hydrogen) atoms. The minimum atomic E-state index is -1.27. The van der Waals surface area contributed by atoms with E-state index in [0.29, 0.717) is 12.1 Å². The van der Waals surface area contributed by atoms with E-state index in [9.17, 15) is 14.7 Å². The maximum absolute atomic E-state index is 12.0. The van der Waals surface area contributed by atoms with E-state index < -0.39 is 5.60 Å².